The van der Waals surface area contributed by atoms with Crippen LogP contribution in [0.5, 0.6) is 0 Å². The van der Waals surface area contributed by atoms with Crippen molar-refractivity contribution in [1.29, 1.82) is 5.26 Å². The number of fused-ring (bicyclic) bond motifs is 1. The van der Waals surface area contributed by atoms with Gasteiger partial charge in [-0.15, -0.1) is 0 Å². The predicted molar refractivity (Wildman–Crippen MR) is 132 cm³/mol. The third-order valence-electron chi connectivity index (χ3n) is 5.54. The third kappa shape index (κ3) is 4.68. The number of anilines is 1. The first kappa shape index (κ1) is 21.3. The lowest BCUT2D eigenvalue weighted by atomic mass is 9.88. The molecule has 0 saturated heterocycles. The largest absolute Gasteiger partial charge is 0.385 e. The Bertz CT molecular complexity index is 1290. The zero-order chi connectivity index (χ0) is 22.5. The maximum atomic E-state index is 9.81. The van der Waals surface area contributed by atoms with Gasteiger partial charge >= 0.3 is 0 Å². The summed E-state index contributed by atoms with van der Waals surface area (Å²) in [5.41, 5.74) is 10.3. The van der Waals surface area contributed by atoms with E-state index in [0.29, 0.717) is 5.57 Å². The summed E-state index contributed by atoms with van der Waals surface area (Å²) >= 11 is 0. The molecule has 0 fully saturated rings. The average molecular weight is 419 g/mol. The molecule has 4 heteroatoms. The van der Waals surface area contributed by atoms with Gasteiger partial charge in [0, 0.05) is 24.6 Å². The zero-order valence-electron chi connectivity index (χ0n) is 18.7. The molecule has 0 unspecified atom stereocenters. The maximum absolute atomic E-state index is 9.81. The highest BCUT2D eigenvalue weighted by molar-refractivity contribution is 5.80. The van der Waals surface area contributed by atoms with Crippen molar-refractivity contribution < 1.29 is 0 Å². The number of aromatic nitrogens is 2. The number of allylic oxidation sites excluding steroid dienone is 6. The maximum Gasteiger partial charge on any atom is 0.0997 e. The highest BCUT2D eigenvalue weighted by Gasteiger charge is 2.13. The summed E-state index contributed by atoms with van der Waals surface area (Å²) in [5.74, 6) is 0. The van der Waals surface area contributed by atoms with E-state index in [1.807, 2.05) is 37.3 Å². The number of nitrogens with one attached hydrogen (secondary N) is 1. The average Bonchev–Trinajstić information content (AvgIpc) is 2.80. The van der Waals surface area contributed by atoms with Crippen molar-refractivity contribution in [2.75, 3.05) is 11.9 Å². The number of aryl methyl sites for hydroxylation is 1. The Labute approximate surface area is 189 Å². The van der Waals surface area contributed by atoms with Crippen LogP contribution in [0.25, 0.3) is 22.5 Å². The number of nitriles is 1. The second-order valence-electron chi connectivity index (χ2n) is 7.99. The summed E-state index contributed by atoms with van der Waals surface area (Å²) in [7, 11) is 0. The van der Waals surface area contributed by atoms with Crippen LogP contribution >= 0.6 is 0 Å². The van der Waals surface area contributed by atoms with Crippen LogP contribution in [-0.4, -0.2) is 16.5 Å². The predicted octanol–water partition coefficient (Wildman–Crippen LogP) is 6.38. The topological polar surface area (TPSA) is 61.6 Å². The third-order valence-corrected chi connectivity index (χ3v) is 5.54. The summed E-state index contributed by atoms with van der Waals surface area (Å²) in [6.07, 6.45) is 10.5. The molecule has 0 bridgehead atoms. The van der Waals surface area contributed by atoms with Crippen LogP contribution in [0, 0.1) is 18.3 Å². The lowest BCUT2D eigenvalue weighted by molar-refractivity contribution is 1.14. The molecule has 4 rings (SSSR count). The number of nitrogens with zero attached hydrogens (tertiary/aromatic N) is 3. The molecular formula is C28H26N4. The summed E-state index contributed by atoms with van der Waals surface area (Å²) in [4.78, 5) is 8.86. The quantitative estimate of drug-likeness (QED) is 0.489. The molecule has 0 atom stereocenters. The van der Waals surface area contributed by atoms with Gasteiger partial charge in [0.25, 0.3) is 0 Å². The molecule has 0 radical (unpaired) electrons. The van der Waals surface area contributed by atoms with Gasteiger partial charge in [-0.25, -0.2) is 0 Å². The van der Waals surface area contributed by atoms with E-state index in [9.17, 15) is 5.26 Å². The number of rotatable bonds is 5. The minimum Gasteiger partial charge on any atom is -0.385 e. The molecule has 158 valence electrons. The molecule has 32 heavy (non-hydrogen) atoms. The van der Waals surface area contributed by atoms with Gasteiger partial charge in [-0.3, -0.25) is 9.97 Å². The fourth-order valence-corrected chi connectivity index (χ4v) is 3.98. The monoisotopic (exact) mass is 418 g/mol. The normalized spacial score (nSPS) is 14.5. The molecule has 1 aromatic carbocycles. The first-order valence-electron chi connectivity index (χ1n) is 10.8. The molecule has 1 aliphatic carbocycles. The number of hydrogen-bond acceptors (Lipinski definition) is 4. The van der Waals surface area contributed by atoms with Crippen LogP contribution in [0.1, 0.15) is 36.1 Å². The van der Waals surface area contributed by atoms with Crippen molar-refractivity contribution >= 4 is 16.8 Å². The molecule has 2 aromatic heterocycles. The van der Waals surface area contributed by atoms with Gasteiger partial charge < -0.3 is 5.32 Å². The van der Waals surface area contributed by atoms with E-state index >= 15 is 0 Å². The molecule has 4 nitrogen and oxygen atoms in total. The Hall–Kier alpha value is -3.97. The summed E-state index contributed by atoms with van der Waals surface area (Å²) in [6, 6.07) is 16.6. The highest BCUT2D eigenvalue weighted by atomic mass is 14.8. The van der Waals surface area contributed by atoms with Crippen molar-refractivity contribution in [3.05, 3.63) is 101 Å². The van der Waals surface area contributed by atoms with E-state index in [1.165, 1.54) is 22.3 Å². The molecular weight excluding hydrogens is 392 g/mol. The van der Waals surface area contributed by atoms with Gasteiger partial charge in [0.15, 0.2) is 0 Å². The number of hydrogen-bond donors (Lipinski definition) is 1. The van der Waals surface area contributed by atoms with E-state index in [1.54, 1.807) is 12.4 Å². The van der Waals surface area contributed by atoms with Crippen molar-refractivity contribution in [2.45, 2.75) is 27.2 Å². The Morgan fingerprint density at radius 2 is 1.84 bits per heavy atom. The van der Waals surface area contributed by atoms with Crippen LogP contribution in [-0.2, 0) is 6.42 Å². The van der Waals surface area contributed by atoms with Crippen LogP contribution in [0.3, 0.4) is 0 Å². The van der Waals surface area contributed by atoms with E-state index in [4.69, 9.17) is 0 Å². The second kappa shape index (κ2) is 9.45. The van der Waals surface area contributed by atoms with E-state index in [2.05, 4.69) is 65.6 Å². The molecule has 1 N–H and O–H groups in total. The molecule has 3 aromatic rings. The molecule has 0 spiro atoms. The van der Waals surface area contributed by atoms with Gasteiger partial charge in [-0.2, -0.15) is 5.26 Å². The fraction of sp³-hybridized carbons (Fsp3) is 0.179. The lowest BCUT2D eigenvalue weighted by Gasteiger charge is -2.18. The number of pyridine rings is 2. The van der Waals surface area contributed by atoms with E-state index < -0.39 is 0 Å². The minimum atomic E-state index is 0.604. The molecule has 0 saturated carbocycles. The summed E-state index contributed by atoms with van der Waals surface area (Å²) in [6.45, 7) is 7.17. The standard InChI is InChI=1S/C28H26N4/c1-4-30-25-7-8-26-20(3)14-21(15-24(26)16-25)5-6-23(18-29)22-10-12-32-28(17-22)27-13-19(2)9-11-31-27/h5-14,16-17,30H,4,15H2,1-3H3/b21-5-,23-6+. The van der Waals surface area contributed by atoms with Gasteiger partial charge in [-0.1, -0.05) is 18.2 Å². The minimum absolute atomic E-state index is 0.604. The van der Waals surface area contributed by atoms with Gasteiger partial charge in [-0.05, 0) is 103 Å². The molecule has 1 aliphatic rings. The first-order valence-corrected chi connectivity index (χ1v) is 10.8. The summed E-state index contributed by atoms with van der Waals surface area (Å²) < 4.78 is 0. The summed E-state index contributed by atoms with van der Waals surface area (Å²) in [5, 5.41) is 13.2. The van der Waals surface area contributed by atoms with Crippen LogP contribution in [0.15, 0.2) is 78.7 Å². The van der Waals surface area contributed by atoms with E-state index in [0.717, 1.165) is 41.2 Å². The highest BCUT2D eigenvalue weighted by Crippen LogP contribution is 2.31. The Balaban J connectivity index is 1.64. The van der Waals surface area contributed by atoms with Crippen molar-refractivity contribution in [1.82, 2.24) is 9.97 Å². The Morgan fingerprint density at radius 1 is 1.06 bits per heavy atom. The Morgan fingerprint density at radius 3 is 2.59 bits per heavy atom. The smallest absolute Gasteiger partial charge is 0.0997 e. The second-order valence-corrected chi connectivity index (χ2v) is 7.99. The zero-order valence-corrected chi connectivity index (χ0v) is 18.7. The van der Waals surface area contributed by atoms with Gasteiger partial charge in [0.1, 0.15) is 0 Å². The SMILES string of the molecule is CCNc1ccc2c(c1)C/C(=C\C=C(/C#N)c1ccnc(-c3cc(C)ccn3)c1)C=C2C. The fourth-order valence-electron chi connectivity index (χ4n) is 3.98. The van der Waals surface area contributed by atoms with Crippen molar-refractivity contribution in [2.24, 2.45) is 0 Å². The Kier molecular flexibility index (Phi) is 6.28. The number of benzene rings is 1. The van der Waals surface area contributed by atoms with Crippen molar-refractivity contribution in [3.63, 3.8) is 0 Å². The first-order chi connectivity index (χ1) is 15.6. The molecule has 0 amide bonds. The van der Waals surface area contributed by atoms with Crippen LogP contribution in [0.2, 0.25) is 0 Å². The van der Waals surface area contributed by atoms with Gasteiger partial charge in [0.05, 0.1) is 23.0 Å². The molecule has 2 heterocycles. The lowest BCUT2D eigenvalue weighted by Crippen LogP contribution is -2.03. The van der Waals surface area contributed by atoms with Crippen LogP contribution in [0.4, 0.5) is 5.69 Å². The van der Waals surface area contributed by atoms with E-state index in [-0.39, 0.29) is 0 Å². The molecule has 0 aliphatic heterocycles. The van der Waals surface area contributed by atoms with Crippen molar-refractivity contribution in [3.8, 4) is 17.5 Å². The van der Waals surface area contributed by atoms with Gasteiger partial charge in [0.2, 0.25) is 0 Å². The van der Waals surface area contributed by atoms with Crippen LogP contribution < -0.4 is 5.32 Å².